The highest BCUT2D eigenvalue weighted by Gasteiger charge is 2.12. The minimum absolute atomic E-state index is 0.241. The average Bonchev–Trinajstić information content (AvgIpc) is 1.62. The van der Waals surface area contributed by atoms with Crippen molar-refractivity contribution in [1.29, 1.82) is 0 Å². The van der Waals surface area contributed by atoms with E-state index in [4.69, 9.17) is 0 Å². The molecule has 3 nitrogen and oxygen atoms in total. The number of hydrogen-bond acceptors (Lipinski definition) is 2. The van der Waals surface area contributed by atoms with Crippen molar-refractivity contribution >= 4 is 6.09 Å². The van der Waals surface area contributed by atoms with Crippen LogP contribution in [0.2, 0.25) is 0 Å². The van der Waals surface area contributed by atoms with E-state index < -0.39 is 6.09 Å². The molecule has 0 aliphatic heterocycles. The maximum Gasteiger partial charge on any atom is 0.407 e. The second-order valence-electron chi connectivity index (χ2n) is 2.81. The van der Waals surface area contributed by atoms with Crippen LogP contribution < -0.4 is 5.32 Å². The van der Waals surface area contributed by atoms with Gasteiger partial charge < -0.3 is 10.1 Å². The number of carbonyl (C=O) groups excluding carboxylic acids is 1. The quantitative estimate of drug-likeness (QED) is 0.536. The fourth-order valence-corrected chi connectivity index (χ4v) is 0.342. The van der Waals surface area contributed by atoms with Crippen molar-refractivity contribution in [2.45, 2.75) is 26.3 Å². The Hall–Kier alpha value is -0.730. The van der Waals surface area contributed by atoms with E-state index in [1.54, 1.807) is 0 Å². The molecular formula is C6H12NO2. The molecule has 0 aromatic carbocycles. The van der Waals surface area contributed by atoms with Crippen LogP contribution in [0.1, 0.15) is 20.8 Å². The third-order valence-electron chi connectivity index (χ3n) is 0.608. The summed E-state index contributed by atoms with van der Waals surface area (Å²) in [6.07, 6.45) is -0.498. The zero-order valence-corrected chi connectivity index (χ0v) is 6.02. The van der Waals surface area contributed by atoms with Gasteiger partial charge in [-0.25, -0.2) is 4.79 Å². The molecule has 0 aromatic heterocycles. The molecule has 0 heterocycles. The van der Waals surface area contributed by atoms with Gasteiger partial charge >= 0.3 is 6.09 Å². The van der Waals surface area contributed by atoms with E-state index in [1.807, 2.05) is 20.8 Å². The summed E-state index contributed by atoms with van der Waals surface area (Å²) in [6.45, 7) is 5.60. The predicted molar refractivity (Wildman–Crippen MR) is 34.7 cm³/mol. The van der Waals surface area contributed by atoms with E-state index in [1.165, 1.54) is 0 Å². The van der Waals surface area contributed by atoms with Gasteiger partial charge in [0.05, 0.1) is 0 Å². The van der Waals surface area contributed by atoms with Gasteiger partial charge in [-0.05, 0) is 20.8 Å². The Morgan fingerprint density at radius 2 is 2.00 bits per heavy atom. The molecule has 1 radical (unpaired) electrons. The van der Waals surface area contributed by atoms with Gasteiger partial charge in [-0.2, -0.15) is 0 Å². The number of hydrogen-bond donors (Lipinski definition) is 1. The van der Waals surface area contributed by atoms with Crippen molar-refractivity contribution in [3.05, 3.63) is 7.11 Å². The number of rotatable bonds is 0. The van der Waals surface area contributed by atoms with Gasteiger partial charge in [0.25, 0.3) is 0 Å². The summed E-state index contributed by atoms with van der Waals surface area (Å²) >= 11 is 0. The summed E-state index contributed by atoms with van der Waals surface area (Å²) in [7, 11) is 2.96. The molecule has 0 aliphatic rings. The normalized spacial score (nSPS) is 10.7. The maximum absolute atomic E-state index is 10.4. The van der Waals surface area contributed by atoms with Gasteiger partial charge in [-0.15, -0.1) is 0 Å². The van der Waals surface area contributed by atoms with Crippen molar-refractivity contribution in [3.8, 4) is 0 Å². The molecule has 3 heteroatoms. The molecule has 1 N–H and O–H groups in total. The molecule has 0 spiro atoms. The van der Waals surface area contributed by atoms with Crippen LogP contribution in [0.4, 0.5) is 4.79 Å². The van der Waals surface area contributed by atoms with Gasteiger partial charge in [0, 0.05) is 5.54 Å². The maximum atomic E-state index is 10.4. The zero-order valence-electron chi connectivity index (χ0n) is 6.02. The standard InChI is InChI=1S/C6H12NO2/c1-6(2,3)7-5(8)9-4/h4H2,1-3H3,(H,7,8). The SMILES string of the molecule is [CH2]OC(=O)NC(C)(C)C. The lowest BCUT2D eigenvalue weighted by atomic mass is 10.1. The topological polar surface area (TPSA) is 38.3 Å². The first-order chi connectivity index (χ1) is 3.95. The minimum Gasteiger partial charge on any atom is -0.446 e. The second kappa shape index (κ2) is 2.71. The summed E-state index contributed by atoms with van der Waals surface area (Å²) in [5, 5.41) is 2.55. The highest BCUT2D eigenvalue weighted by Crippen LogP contribution is 1.97. The third-order valence-corrected chi connectivity index (χ3v) is 0.608. The van der Waals surface area contributed by atoms with Gasteiger partial charge in [0.1, 0.15) is 7.11 Å². The zero-order chi connectivity index (χ0) is 7.49. The number of carbonyl (C=O) groups is 1. The van der Waals surface area contributed by atoms with Crippen molar-refractivity contribution in [2.75, 3.05) is 0 Å². The number of amides is 1. The molecule has 9 heavy (non-hydrogen) atoms. The molecule has 0 fully saturated rings. The van der Waals surface area contributed by atoms with E-state index in [2.05, 4.69) is 17.2 Å². The molecule has 0 bridgehead atoms. The molecular weight excluding hydrogens is 118 g/mol. The van der Waals surface area contributed by atoms with Gasteiger partial charge in [0.2, 0.25) is 0 Å². The van der Waals surface area contributed by atoms with Crippen LogP contribution in [0.15, 0.2) is 0 Å². The summed E-state index contributed by atoms with van der Waals surface area (Å²) in [6, 6.07) is 0. The first-order valence-electron chi connectivity index (χ1n) is 2.70. The van der Waals surface area contributed by atoms with Crippen molar-refractivity contribution < 1.29 is 9.53 Å². The van der Waals surface area contributed by atoms with Crippen LogP contribution in [0, 0.1) is 7.11 Å². The van der Waals surface area contributed by atoms with Crippen LogP contribution in [-0.4, -0.2) is 11.6 Å². The summed E-state index contributed by atoms with van der Waals surface area (Å²) < 4.78 is 4.13. The van der Waals surface area contributed by atoms with E-state index in [-0.39, 0.29) is 5.54 Å². The predicted octanol–water partition coefficient (Wildman–Crippen LogP) is 1.30. The van der Waals surface area contributed by atoms with E-state index in [0.29, 0.717) is 0 Å². The first-order valence-corrected chi connectivity index (χ1v) is 2.70. The third kappa shape index (κ3) is 5.14. The van der Waals surface area contributed by atoms with Crippen LogP contribution in [0.3, 0.4) is 0 Å². The Morgan fingerprint density at radius 1 is 1.56 bits per heavy atom. The van der Waals surface area contributed by atoms with Crippen molar-refractivity contribution in [1.82, 2.24) is 5.32 Å². The van der Waals surface area contributed by atoms with Crippen LogP contribution in [0.5, 0.6) is 0 Å². The summed E-state index contributed by atoms with van der Waals surface area (Å²) in [4.78, 5) is 10.4. The summed E-state index contributed by atoms with van der Waals surface area (Å²) in [5.41, 5.74) is -0.241. The molecule has 0 saturated carbocycles. The van der Waals surface area contributed by atoms with Gasteiger partial charge in [-0.3, -0.25) is 0 Å². The molecule has 1 amide bonds. The smallest absolute Gasteiger partial charge is 0.407 e. The molecule has 0 atom stereocenters. The van der Waals surface area contributed by atoms with Gasteiger partial charge in [-0.1, -0.05) is 0 Å². The lowest BCUT2D eigenvalue weighted by Crippen LogP contribution is -2.40. The number of nitrogens with one attached hydrogen (secondary N) is 1. The molecule has 0 aromatic rings. The molecule has 0 rings (SSSR count). The lowest BCUT2D eigenvalue weighted by Gasteiger charge is -2.18. The molecule has 0 saturated heterocycles. The Morgan fingerprint density at radius 3 is 2.11 bits per heavy atom. The van der Waals surface area contributed by atoms with E-state index in [0.717, 1.165) is 0 Å². The molecule has 0 aliphatic carbocycles. The Labute approximate surface area is 55.4 Å². The van der Waals surface area contributed by atoms with Crippen molar-refractivity contribution in [3.63, 3.8) is 0 Å². The largest absolute Gasteiger partial charge is 0.446 e. The molecule has 0 unspecified atom stereocenters. The molecule has 53 valence electrons. The number of ether oxygens (including phenoxy) is 1. The Kier molecular flexibility index (Phi) is 2.49. The van der Waals surface area contributed by atoms with Gasteiger partial charge in [0.15, 0.2) is 0 Å². The first kappa shape index (κ1) is 8.27. The van der Waals surface area contributed by atoms with E-state index >= 15 is 0 Å². The highest BCUT2D eigenvalue weighted by atomic mass is 16.5. The Balaban J connectivity index is 3.60. The second-order valence-corrected chi connectivity index (χ2v) is 2.81. The fourth-order valence-electron chi connectivity index (χ4n) is 0.342. The van der Waals surface area contributed by atoms with E-state index in [9.17, 15) is 4.79 Å². The fraction of sp³-hybridized carbons (Fsp3) is 0.667. The van der Waals surface area contributed by atoms with Crippen LogP contribution >= 0.6 is 0 Å². The number of alkyl carbamates (subject to hydrolysis) is 1. The highest BCUT2D eigenvalue weighted by molar-refractivity contribution is 5.68. The van der Waals surface area contributed by atoms with Crippen LogP contribution in [0.25, 0.3) is 0 Å². The van der Waals surface area contributed by atoms with Crippen LogP contribution in [-0.2, 0) is 4.74 Å². The van der Waals surface area contributed by atoms with Crippen molar-refractivity contribution in [2.24, 2.45) is 0 Å². The summed E-state index contributed by atoms with van der Waals surface area (Å²) in [5.74, 6) is 0. The average molecular weight is 130 g/mol. The monoisotopic (exact) mass is 130 g/mol. The minimum atomic E-state index is -0.498. The Bertz CT molecular complexity index is 104. The lowest BCUT2D eigenvalue weighted by molar-refractivity contribution is 0.173.